The molecule has 3 rings (SSSR count). The number of nitrogens with one attached hydrogen (secondary N) is 2. The highest BCUT2D eigenvalue weighted by Crippen LogP contribution is 2.25. The van der Waals surface area contributed by atoms with E-state index in [1.54, 1.807) is 30.6 Å². The average molecular weight is 324 g/mol. The maximum absolute atomic E-state index is 13.0. The molecule has 0 aliphatic carbocycles. The molecule has 1 amide bonds. The van der Waals surface area contributed by atoms with Crippen LogP contribution in [0.2, 0.25) is 0 Å². The third-order valence-corrected chi connectivity index (χ3v) is 4.22. The first-order valence-corrected chi connectivity index (χ1v) is 8.07. The van der Waals surface area contributed by atoms with Crippen LogP contribution in [-0.4, -0.2) is 32.3 Å². The van der Waals surface area contributed by atoms with E-state index in [9.17, 15) is 9.59 Å². The summed E-state index contributed by atoms with van der Waals surface area (Å²) in [6.07, 6.45) is 4.30. The lowest BCUT2D eigenvalue weighted by atomic mass is 10.0. The van der Waals surface area contributed by atoms with Gasteiger partial charge >= 0.3 is 5.69 Å². The normalized spacial score (nSPS) is 12.2. The van der Waals surface area contributed by atoms with Crippen molar-refractivity contribution in [3.63, 3.8) is 0 Å². The van der Waals surface area contributed by atoms with Gasteiger partial charge in [0.05, 0.1) is 17.1 Å². The van der Waals surface area contributed by atoms with E-state index in [0.717, 1.165) is 12.0 Å². The summed E-state index contributed by atoms with van der Waals surface area (Å²) in [7, 11) is 0. The minimum atomic E-state index is -0.273. The zero-order valence-electron chi connectivity index (χ0n) is 13.7. The lowest BCUT2D eigenvalue weighted by Crippen LogP contribution is -2.34. The number of carbonyl (C=O) groups excluding carboxylic acids is 1. The summed E-state index contributed by atoms with van der Waals surface area (Å²) in [5.41, 5.74) is 2.69. The molecule has 24 heavy (non-hydrogen) atoms. The molecule has 0 bridgehead atoms. The monoisotopic (exact) mass is 324 g/mol. The van der Waals surface area contributed by atoms with Crippen LogP contribution in [-0.2, 0) is 0 Å². The summed E-state index contributed by atoms with van der Waals surface area (Å²) in [6, 6.07) is 9.09. The van der Waals surface area contributed by atoms with Gasteiger partial charge in [0.25, 0.3) is 5.91 Å². The van der Waals surface area contributed by atoms with Crippen molar-refractivity contribution in [2.75, 3.05) is 6.54 Å². The lowest BCUT2D eigenvalue weighted by molar-refractivity contribution is 0.0683. The number of pyridine rings is 1. The molecule has 0 aliphatic heterocycles. The van der Waals surface area contributed by atoms with E-state index in [1.807, 2.05) is 24.0 Å². The number of aromatic amines is 2. The number of amides is 1. The van der Waals surface area contributed by atoms with Crippen LogP contribution in [0.25, 0.3) is 11.0 Å². The Morgan fingerprint density at radius 1 is 1.12 bits per heavy atom. The van der Waals surface area contributed by atoms with Crippen LogP contribution in [0.4, 0.5) is 0 Å². The number of aromatic nitrogens is 3. The van der Waals surface area contributed by atoms with Crippen LogP contribution in [0.1, 0.15) is 42.2 Å². The first-order valence-electron chi connectivity index (χ1n) is 8.07. The van der Waals surface area contributed by atoms with Crippen molar-refractivity contribution in [1.82, 2.24) is 19.9 Å². The predicted octanol–water partition coefficient (Wildman–Crippen LogP) is 2.86. The minimum absolute atomic E-state index is 0.00790. The van der Waals surface area contributed by atoms with E-state index < -0.39 is 0 Å². The van der Waals surface area contributed by atoms with E-state index in [4.69, 9.17) is 0 Å². The van der Waals surface area contributed by atoms with E-state index >= 15 is 0 Å². The topological polar surface area (TPSA) is 81.8 Å². The molecule has 6 nitrogen and oxygen atoms in total. The third-order valence-electron chi connectivity index (χ3n) is 4.22. The number of carbonyl (C=O) groups is 1. The number of hydrogen-bond donors (Lipinski definition) is 2. The highest BCUT2D eigenvalue weighted by atomic mass is 16.2. The van der Waals surface area contributed by atoms with Gasteiger partial charge in [-0.05, 0) is 49.2 Å². The van der Waals surface area contributed by atoms with Crippen LogP contribution in [0.5, 0.6) is 0 Å². The Balaban J connectivity index is 1.96. The van der Waals surface area contributed by atoms with Crippen molar-refractivity contribution in [3.8, 4) is 0 Å². The van der Waals surface area contributed by atoms with Gasteiger partial charge in [-0.2, -0.15) is 0 Å². The number of benzene rings is 1. The summed E-state index contributed by atoms with van der Waals surface area (Å²) in [4.78, 5) is 35.7. The lowest BCUT2D eigenvalue weighted by Gasteiger charge is -2.30. The molecule has 124 valence electrons. The second-order valence-corrected chi connectivity index (χ2v) is 5.64. The molecule has 0 saturated carbocycles. The highest BCUT2D eigenvalue weighted by molar-refractivity contribution is 5.97. The first kappa shape index (κ1) is 16.0. The number of fused-ring (bicyclic) bond motifs is 1. The molecule has 0 saturated heterocycles. The van der Waals surface area contributed by atoms with E-state index in [-0.39, 0.29) is 17.6 Å². The summed E-state index contributed by atoms with van der Waals surface area (Å²) < 4.78 is 0. The maximum Gasteiger partial charge on any atom is 0.323 e. The van der Waals surface area contributed by atoms with Gasteiger partial charge in [-0.15, -0.1) is 0 Å². The summed E-state index contributed by atoms with van der Waals surface area (Å²) in [6.45, 7) is 4.63. The highest BCUT2D eigenvalue weighted by Gasteiger charge is 2.23. The molecule has 1 aromatic carbocycles. The third kappa shape index (κ3) is 2.95. The van der Waals surface area contributed by atoms with Crippen LogP contribution in [0.3, 0.4) is 0 Å². The van der Waals surface area contributed by atoms with Crippen LogP contribution in [0.15, 0.2) is 47.5 Å². The molecule has 0 fully saturated rings. The van der Waals surface area contributed by atoms with Gasteiger partial charge in [-0.25, -0.2) is 4.79 Å². The standard InChI is InChI=1S/C18H20N4O2/c1-3-16(12-7-9-19-10-8-12)22(4-2)17(23)13-5-6-14-15(11-13)21-18(24)20-14/h5-11,16H,3-4H2,1-2H3,(H2,20,21,24). The van der Waals surface area contributed by atoms with Gasteiger partial charge in [-0.1, -0.05) is 6.92 Å². The van der Waals surface area contributed by atoms with Crippen molar-refractivity contribution < 1.29 is 4.79 Å². The van der Waals surface area contributed by atoms with Gasteiger partial charge in [0.15, 0.2) is 0 Å². The summed E-state index contributed by atoms with van der Waals surface area (Å²) in [5.74, 6) is -0.0508. The smallest absolute Gasteiger partial charge is 0.323 e. The number of hydrogen-bond acceptors (Lipinski definition) is 3. The Labute approximate surface area is 139 Å². The molecular weight excluding hydrogens is 304 g/mol. The Hall–Kier alpha value is -2.89. The van der Waals surface area contributed by atoms with Gasteiger partial charge in [0.2, 0.25) is 0 Å². The van der Waals surface area contributed by atoms with Gasteiger partial charge in [0, 0.05) is 24.5 Å². The molecular formula is C18H20N4O2. The van der Waals surface area contributed by atoms with Crippen molar-refractivity contribution in [2.24, 2.45) is 0 Å². The van der Waals surface area contributed by atoms with Crippen molar-refractivity contribution in [2.45, 2.75) is 26.3 Å². The molecule has 6 heteroatoms. The SMILES string of the molecule is CCC(c1ccncc1)N(CC)C(=O)c1ccc2[nH]c(=O)[nH]c2c1. The second kappa shape index (κ2) is 6.70. The minimum Gasteiger partial charge on any atom is -0.332 e. The Morgan fingerprint density at radius 3 is 2.50 bits per heavy atom. The second-order valence-electron chi connectivity index (χ2n) is 5.64. The zero-order chi connectivity index (χ0) is 17.1. The molecule has 1 atom stereocenters. The zero-order valence-corrected chi connectivity index (χ0v) is 13.7. The molecule has 0 radical (unpaired) electrons. The van der Waals surface area contributed by atoms with E-state index in [1.165, 1.54) is 0 Å². The predicted molar refractivity (Wildman–Crippen MR) is 92.9 cm³/mol. The summed E-state index contributed by atoms with van der Waals surface area (Å²) in [5, 5.41) is 0. The fourth-order valence-corrected chi connectivity index (χ4v) is 3.06. The van der Waals surface area contributed by atoms with Crippen molar-refractivity contribution in [1.29, 1.82) is 0 Å². The molecule has 2 aromatic heterocycles. The molecule has 1 unspecified atom stereocenters. The van der Waals surface area contributed by atoms with Gasteiger partial charge in [0.1, 0.15) is 0 Å². The molecule has 0 aliphatic rings. The van der Waals surface area contributed by atoms with E-state index in [2.05, 4.69) is 21.9 Å². The number of H-pyrrole nitrogens is 2. The van der Waals surface area contributed by atoms with E-state index in [0.29, 0.717) is 23.1 Å². The fourth-order valence-electron chi connectivity index (χ4n) is 3.06. The average Bonchev–Trinajstić information content (AvgIpc) is 2.98. The number of imidazole rings is 1. The molecule has 0 spiro atoms. The van der Waals surface area contributed by atoms with Crippen LogP contribution < -0.4 is 5.69 Å². The van der Waals surface area contributed by atoms with Crippen LogP contribution in [0, 0.1) is 0 Å². The number of rotatable bonds is 5. The van der Waals surface area contributed by atoms with Gasteiger partial charge in [-0.3, -0.25) is 9.78 Å². The molecule has 2 heterocycles. The maximum atomic E-state index is 13.0. The molecule has 2 N–H and O–H groups in total. The molecule has 3 aromatic rings. The van der Waals surface area contributed by atoms with Gasteiger partial charge < -0.3 is 14.9 Å². The first-order chi connectivity index (χ1) is 11.6. The quantitative estimate of drug-likeness (QED) is 0.757. The van der Waals surface area contributed by atoms with Crippen LogP contribution >= 0.6 is 0 Å². The van der Waals surface area contributed by atoms with Crippen molar-refractivity contribution in [3.05, 3.63) is 64.3 Å². The fraction of sp³-hybridized carbons (Fsp3) is 0.278. The largest absolute Gasteiger partial charge is 0.332 e. The Morgan fingerprint density at radius 2 is 1.83 bits per heavy atom. The Bertz CT molecular complexity index is 898. The summed E-state index contributed by atoms with van der Waals surface area (Å²) >= 11 is 0. The van der Waals surface area contributed by atoms with Crippen molar-refractivity contribution >= 4 is 16.9 Å². The Kier molecular flexibility index (Phi) is 4.46. The number of nitrogens with zero attached hydrogens (tertiary/aromatic N) is 2.